The molecular weight excluding hydrogens is 192 g/mol. The van der Waals surface area contributed by atoms with E-state index in [9.17, 15) is 0 Å². The lowest BCUT2D eigenvalue weighted by Crippen LogP contribution is -2.20. The average Bonchev–Trinajstić information content (AvgIpc) is 2.34. The Balaban J connectivity index is 0.000000810. The topological polar surface area (TPSA) is 6.48 Å². The lowest BCUT2D eigenvalue weighted by atomic mass is 10.6. The van der Waals surface area contributed by atoms with E-state index in [1.54, 1.807) is 0 Å². The SMILES string of the molecule is Br.C=CN1C=CN(CC)C1. The molecule has 0 saturated carbocycles. The van der Waals surface area contributed by atoms with Crippen LogP contribution in [0.15, 0.2) is 25.2 Å². The molecule has 1 heterocycles. The third kappa shape index (κ3) is 2.06. The predicted molar refractivity (Wildman–Crippen MR) is 48.7 cm³/mol. The van der Waals surface area contributed by atoms with Crippen molar-refractivity contribution in [2.75, 3.05) is 13.2 Å². The summed E-state index contributed by atoms with van der Waals surface area (Å²) in [6.45, 7) is 7.82. The van der Waals surface area contributed by atoms with Crippen LogP contribution in [0.25, 0.3) is 0 Å². The van der Waals surface area contributed by atoms with Gasteiger partial charge in [-0.1, -0.05) is 6.58 Å². The van der Waals surface area contributed by atoms with Crippen LogP contribution in [0.1, 0.15) is 6.92 Å². The van der Waals surface area contributed by atoms with E-state index >= 15 is 0 Å². The van der Waals surface area contributed by atoms with E-state index in [4.69, 9.17) is 0 Å². The Morgan fingerprint density at radius 2 is 2.30 bits per heavy atom. The molecule has 0 aliphatic carbocycles. The van der Waals surface area contributed by atoms with Gasteiger partial charge in [0.2, 0.25) is 0 Å². The molecule has 1 aliphatic rings. The van der Waals surface area contributed by atoms with Gasteiger partial charge in [0, 0.05) is 18.9 Å². The van der Waals surface area contributed by atoms with E-state index in [0.29, 0.717) is 0 Å². The molecule has 0 aromatic carbocycles. The van der Waals surface area contributed by atoms with E-state index in [1.165, 1.54) is 0 Å². The smallest absolute Gasteiger partial charge is 0.0935 e. The van der Waals surface area contributed by atoms with Crippen LogP contribution in [-0.2, 0) is 0 Å². The molecule has 0 spiro atoms. The van der Waals surface area contributed by atoms with E-state index in [1.807, 2.05) is 17.3 Å². The summed E-state index contributed by atoms with van der Waals surface area (Å²) >= 11 is 0. The first-order chi connectivity index (χ1) is 4.36. The zero-order valence-electron chi connectivity index (χ0n) is 6.16. The van der Waals surface area contributed by atoms with Crippen molar-refractivity contribution < 1.29 is 0 Å². The van der Waals surface area contributed by atoms with Gasteiger partial charge in [-0.05, 0) is 13.1 Å². The molecule has 0 aromatic rings. The third-order valence-corrected chi connectivity index (χ3v) is 1.45. The molecule has 0 N–H and O–H groups in total. The molecule has 0 saturated heterocycles. The summed E-state index contributed by atoms with van der Waals surface area (Å²) in [6, 6.07) is 0. The van der Waals surface area contributed by atoms with Gasteiger partial charge in [-0.15, -0.1) is 17.0 Å². The highest BCUT2D eigenvalue weighted by atomic mass is 79.9. The summed E-state index contributed by atoms with van der Waals surface area (Å²) in [5.74, 6) is 0. The van der Waals surface area contributed by atoms with E-state index in [-0.39, 0.29) is 17.0 Å². The van der Waals surface area contributed by atoms with Crippen LogP contribution in [0, 0.1) is 0 Å². The van der Waals surface area contributed by atoms with Crippen molar-refractivity contribution in [3.63, 3.8) is 0 Å². The van der Waals surface area contributed by atoms with Gasteiger partial charge in [0.1, 0.15) is 0 Å². The Kier molecular flexibility index (Phi) is 4.19. The molecule has 0 aromatic heterocycles. The first-order valence-electron chi connectivity index (χ1n) is 3.17. The van der Waals surface area contributed by atoms with E-state index in [0.717, 1.165) is 13.2 Å². The second-order valence-electron chi connectivity index (χ2n) is 2.04. The minimum absolute atomic E-state index is 0. The molecule has 58 valence electrons. The molecule has 2 nitrogen and oxygen atoms in total. The van der Waals surface area contributed by atoms with Crippen LogP contribution in [0.5, 0.6) is 0 Å². The van der Waals surface area contributed by atoms with Crippen LogP contribution in [-0.4, -0.2) is 23.0 Å². The number of hydrogen-bond donors (Lipinski definition) is 0. The van der Waals surface area contributed by atoms with Gasteiger partial charge in [0.25, 0.3) is 0 Å². The van der Waals surface area contributed by atoms with Gasteiger partial charge >= 0.3 is 0 Å². The standard InChI is InChI=1S/C7H12N2.BrH/c1-3-8-5-6-9(4-2)7-8;/h3,5-6H,1,4,7H2,2H3;1H. The largest absolute Gasteiger partial charge is 0.359 e. The minimum atomic E-state index is 0. The second-order valence-corrected chi connectivity index (χ2v) is 2.04. The molecule has 0 atom stereocenters. The molecule has 0 fully saturated rings. The Morgan fingerprint density at radius 3 is 2.60 bits per heavy atom. The van der Waals surface area contributed by atoms with Crippen molar-refractivity contribution in [1.82, 2.24) is 9.80 Å². The lowest BCUT2D eigenvalue weighted by Gasteiger charge is -2.15. The predicted octanol–water partition coefficient (Wildman–Crippen LogP) is 1.77. The Labute approximate surface area is 72.6 Å². The van der Waals surface area contributed by atoms with Gasteiger partial charge in [-0.25, -0.2) is 0 Å². The molecule has 0 bridgehead atoms. The fraction of sp³-hybridized carbons (Fsp3) is 0.429. The molecule has 3 heteroatoms. The van der Waals surface area contributed by atoms with Crippen LogP contribution < -0.4 is 0 Å². The van der Waals surface area contributed by atoms with Crippen LogP contribution in [0.3, 0.4) is 0 Å². The molecular formula is C7H13BrN2. The molecule has 0 radical (unpaired) electrons. The highest BCUT2D eigenvalue weighted by Crippen LogP contribution is 2.04. The van der Waals surface area contributed by atoms with Crippen LogP contribution in [0.4, 0.5) is 0 Å². The van der Waals surface area contributed by atoms with E-state index < -0.39 is 0 Å². The van der Waals surface area contributed by atoms with Crippen LogP contribution >= 0.6 is 17.0 Å². The van der Waals surface area contributed by atoms with Crippen molar-refractivity contribution in [3.8, 4) is 0 Å². The zero-order chi connectivity index (χ0) is 6.69. The quantitative estimate of drug-likeness (QED) is 0.677. The first-order valence-corrected chi connectivity index (χ1v) is 3.17. The van der Waals surface area contributed by atoms with Crippen molar-refractivity contribution in [3.05, 3.63) is 25.2 Å². The normalized spacial score (nSPS) is 15.3. The maximum atomic E-state index is 3.66. The monoisotopic (exact) mass is 204 g/mol. The average molecular weight is 205 g/mol. The first kappa shape index (κ1) is 9.56. The van der Waals surface area contributed by atoms with Crippen molar-refractivity contribution in [1.29, 1.82) is 0 Å². The van der Waals surface area contributed by atoms with Crippen LogP contribution in [0.2, 0.25) is 0 Å². The highest BCUT2D eigenvalue weighted by Gasteiger charge is 2.05. The van der Waals surface area contributed by atoms with Gasteiger partial charge in [0.05, 0.1) is 6.67 Å². The zero-order valence-corrected chi connectivity index (χ0v) is 7.87. The maximum Gasteiger partial charge on any atom is 0.0935 e. The molecule has 0 unspecified atom stereocenters. The highest BCUT2D eigenvalue weighted by molar-refractivity contribution is 8.93. The fourth-order valence-electron chi connectivity index (χ4n) is 0.808. The second kappa shape index (κ2) is 4.39. The van der Waals surface area contributed by atoms with Gasteiger partial charge in [-0.3, -0.25) is 0 Å². The minimum Gasteiger partial charge on any atom is -0.359 e. The summed E-state index contributed by atoms with van der Waals surface area (Å²) in [6.07, 6.45) is 5.92. The van der Waals surface area contributed by atoms with Gasteiger partial charge in [-0.2, -0.15) is 0 Å². The maximum absolute atomic E-state index is 3.66. The summed E-state index contributed by atoms with van der Waals surface area (Å²) in [7, 11) is 0. The summed E-state index contributed by atoms with van der Waals surface area (Å²) in [5.41, 5.74) is 0. The molecule has 1 aliphatic heterocycles. The summed E-state index contributed by atoms with van der Waals surface area (Å²) in [4.78, 5) is 4.26. The summed E-state index contributed by atoms with van der Waals surface area (Å²) in [5, 5.41) is 0. The fourth-order valence-corrected chi connectivity index (χ4v) is 0.808. The number of hydrogen-bond acceptors (Lipinski definition) is 2. The number of nitrogens with zero attached hydrogens (tertiary/aromatic N) is 2. The van der Waals surface area contributed by atoms with Crippen molar-refractivity contribution in [2.45, 2.75) is 6.92 Å². The van der Waals surface area contributed by atoms with Crippen molar-refractivity contribution in [2.24, 2.45) is 0 Å². The number of halogens is 1. The third-order valence-electron chi connectivity index (χ3n) is 1.45. The lowest BCUT2D eigenvalue weighted by molar-refractivity contribution is 0.328. The van der Waals surface area contributed by atoms with E-state index in [2.05, 4.69) is 24.6 Å². The molecule has 0 amide bonds. The Bertz CT molecular complexity index is 134. The van der Waals surface area contributed by atoms with Gasteiger partial charge < -0.3 is 9.80 Å². The Hall–Kier alpha value is -0.440. The molecule has 10 heavy (non-hydrogen) atoms. The Morgan fingerprint density at radius 1 is 1.60 bits per heavy atom. The molecule has 1 rings (SSSR count). The number of rotatable bonds is 2. The van der Waals surface area contributed by atoms with Crippen molar-refractivity contribution >= 4 is 17.0 Å². The summed E-state index contributed by atoms with van der Waals surface area (Å²) < 4.78 is 0. The van der Waals surface area contributed by atoms with Gasteiger partial charge in [0.15, 0.2) is 0 Å².